The van der Waals surface area contributed by atoms with Crippen LogP contribution in [-0.2, 0) is 13.1 Å². The lowest BCUT2D eigenvalue weighted by Crippen LogP contribution is -2.12. The number of rotatable bonds is 8. The Morgan fingerprint density at radius 3 is 2.52 bits per heavy atom. The fourth-order valence-electron chi connectivity index (χ4n) is 5.20. The predicted molar refractivity (Wildman–Crippen MR) is 161 cm³/mol. The molecule has 5 aromatic heterocycles. The summed E-state index contributed by atoms with van der Waals surface area (Å²) in [7, 11) is 1.52. The Hall–Kier alpha value is -5.41. The summed E-state index contributed by atoms with van der Waals surface area (Å²) in [5, 5.41) is 13.0. The molecule has 9 heteroatoms. The number of halogens is 1. The SMILES string of the molecule is COc1cc(F)cc(-c2cncc3[nH]c(-c4n[nH]c5cnc(-c6cncc(CNCc7ccccc7)c6)cc45)cc23)c1. The van der Waals surface area contributed by atoms with Gasteiger partial charge in [-0.25, -0.2) is 4.39 Å². The van der Waals surface area contributed by atoms with Crippen LogP contribution in [0.2, 0.25) is 0 Å². The van der Waals surface area contributed by atoms with Crippen LogP contribution in [0.5, 0.6) is 5.75 Å². The highest BCUT2D eigenvalue weighted by atomic mass is 19.1. The lowest BCUT2D eigenvalue weighted by molar-refractivity contribution is 0.411. The zero-order chi connectivity index (χ0) is 28.5. The lowest BCUT2D eigenvalue weighted by atomic mass is 10.0. The Balaban J connectivity index is 1.21. The number of methoxy groups -OCH3 is 1. The second kappa shape index (κ2) is 10.9. The van der Waals surface area contributed by atoms with Crippen molar-refractivity contribution in [1.82, 2.24) is 35.5 Å². The van der Waals surface area contributed by atoms with E-state index in [0.29, 0.717) is 17.9 Å². The van der Waals surface area contributed by atoms with Gasteiger partial charge in [0.05, 0.1) is 41.9 Å². The molecular formula is C33H26FN7O. The van der Waals surface area contributed by atoms with E-state index in [0.717, 1.165) is 62.1 Å². The number of benzene rings is 2. The van der Waals surface area contributed by atoms with Crippen LogP contribution < -0.4 is 10.1 Å². The Bertz CT molecular complexity index is 2030. The molecule has 7 aromatic rings. The van der Waals surface area contributed by atoms with Gasteiger partial charge in [0.15, 0.2) is 0 Å². The van der Waals surface area contributed by atoms with Crippen LogP contribution in [-0.4, -0.2) is 37.2 Å². The van der Waals surface area contributed by atoms with Crippen molar-refractivity contribution in [2.24, 2.45) is 0 Å². The normalized spacial score (nSPS) is 11.4. The van der Waals surface area contributed by atoms with E-state index in [-0.39, 0.29) is 5.82 Å². The van der Waals surface area contributed by atoms with E-state index in [2.05, 4.69) is 53.6 Å². The minimum Gasteiger partial charge on any atom is -0.497 e. The van der Waals surface area contributed by atoms with E-state index in [1.165, 1.54) is 24.8 Å². The van der Waals surface area contributed by atoms with Gasteiger partial charge in [-0.05, 0) is 47.0 Å². The highest BCUT2D eigenvalue weighted by Crippen LogP contribution is 2.35. The van der Waals surface area contributed by atoms with Gasteiger partial charge in [0.25, 0.3) is 0 Å². The third kappa shape index (κ3) is 4.97. The standard InChI is InChI=1S/C33H26FN7O/c1-42-25-9-22(8-24(34)10-25)28-17-37-18-31-26(28)11-30(39-31)33-27-12-29(38-19-32(27)40-41-33)23-7-21(15-36-16-23)14-35-13-20-5-3-2-4-6-20/h2-12,15-19,35,39H,13-14H2,1H3,(H,40,41). The van der Waals surface area contributed by atoms with Gasteiger partial charge in [0, 0.05) is 59.6 Å². The van der Waals surface area contributed by atoms with E-state index >= 15 is 0 Å². The Kier molecular flexibility index (Phi) is 6.61. The molecule has 0 amide bonds. The van der Waals surface area contributed by atoms with Gasteiger partial charge in [-0.3, -0.25) is 20.1 Å². The van der Waals surface area contributed by atoms with Crippen molar-refractivity contribution in [2.45, 2.75) is 13.1 Å². The second-order valence-electron chi connectivity index (χ2n) is 10.1. The third-order valence-electron chi connectivity index (χ3n) is 7.26. The highest BCUT2D eigenvalue weighted by Gasteiger charge is 2.16. The summed E-state index contributed by atoms with van der Waals surface area (Å²) in [6.07, 6.45) is 8.96. The third-order valence-corrected chi connectivity index (χ3v) is 7.26. The minimum absolute atomic E-state index is 0.374. The molecule has 0 unspecified atom stereocenters. The molecule has 206 valence electrons. The zero-order valence-electron chi connectivity index (χ0n) is 22.7. The van der Waals surface area contributed by atoms with Gasteiger partial charge in [-0.2, -0.15) is 5.10 Å². The fraction of sp³-hybridized carbons (Fsp3) is 0.0909. The molecule has 8 nitrogen and oxygen atoms in total. The molecule has 5 heterocycles. The Morgan fingerprint density at radius 1 is 0.786 bits per heavy atom. The maximum Gasteiger partial charge on any atom is 0.127 e. The van der Waals surface area contributed by atoms with E-state index in [1.807, 2.05) is 42.7 Å². The first kappa shape index (κ1) is 25.6. The molecule has 3 N–H and O–H groups in total. The number of fused-ring (bicyclic) bond motifs is 2. The van der Waals surface area contributed by atoms with Crippen molar-refractivity contribution >= 4 is 21.8 Å². The minimum atomic E-state index is -0.374. The first-order chi connectivity index (χ1) is 20.6. The van der Waals surface area contributed by atoms with Crippen molar-refractivity contribution in [3.8, 4) is 39.5 Å². The molecule has 0 saturated heterocycles. The summed E-state index contributed by atoms with van der Waals surface area (Å²) in [5.74, 6) is 0.0718. The van der Waals surface area contributed by atoms with Crippen LogP contribution in [0.3, 0.4) is 0 Å². The van der Waals surface area contributed by atoms with E-state index in [1.54, 1.807) is 24.7 Å². The number of H-pyrrole nitrogens is 2. The monoisotopic (exact) mass is 555 g/mol. The van der Waals surface area contributed by atoms with Crippen LogP contribution in [0, 0.1) is 5.82 Å². The second-order valence-corrected chi connectivity index (χ2v) is 10.1. The smallest absolute Gasteiger partial charge is 0.127 e. The highest BCUT2D eigenvalue weighted by molar-refractivity contribution is 6.01. The molecule has 0 saturated carbocycles. The Labute approximate surface area is 240 Å². The average Bonchev–Trinajstić information content (AvgIpc) is 3.65. The van der Waals surface area contributed by atoms with Gasteiger partial charge in [-0.1, -0.05) is 30.3 Å². The van der Waals surface area contributed by atoms with Crippen LogP contribution in [0.15, 0.2) is 97.7 Å². The molecule has 0 atom stereocenters. The summed E-state index contributed by atoms with van der Waals surface area (Å²) in [5.41, 5.74) is 8.69. The summed E-state index contributed by atoms with van der Waals surface area (Å²) in [6, 6.07) is 21.1. The van der Waals surface area contributed by atoms with Crippen molar-refractivity contribution in [2.75, 3.05) is 7.11 Å². The number of ether oxygens (including phenoxy) is 1. The predicted octanol–water partition coefficient (Wildman–Crippen LogP) is 6.67. The van der Waals surface area contributed by atoms with E-state index in [9.17, 15) is 4.39 Å². The molecule has 0 bridgehead atoms. The molecule has 42 heavy (non-hydrogen) atoms. The van der Waals surface area contributed by atoms with Gasteiger partial charge in [0.1, 0.15) is 17.3 Å². The number of pyridine rings is 3. The van der Waals surface area contributed by atoms with Gasteiger partial charge in [-0.15, -0.1) is 0 Å². The molecule has 2 aromatic carbocycles. The molecule has 0 aliphatic heterocycles. The van der Waals surface area contributed by atoms with Crippen molar-refractivity contribution in [3.63, 3.8) is 0 Å². The maximum atomic E-state index is 14.3. The molecule has 0 spiro atoms. The lowest BCUT2D eigenvalue weighted by Gasteiger charge is -2.07. The fourth-order valence-corrected chi connectivity index (χ4v) is 5.20. The molecule has 0 radical (unpaired) electrons. The van der Waals surface area contributed by atoms with Gasteiger partial charge >= 0.3 is 0 Å². The number of aromatic amines is 2. The maximum absolute atomic E-state index is 14.3. The summed E-state index contributed by atoms with van der Waals surface area (Å²) < 4.78 is 19.6. The molecular weight excluding hydrogens is 529 g/mol. The molecule has 0 aliphatic rings. The number of aromatic nitrogens is 6. The summed E-state index contributed by atoms with van der Waals surface area (Å²) in [6.45, 7) is 1.47. The zero-order valence-corrected chi connectivity index (χ0v) is 22.7. The van der Waals surface area contributed by atoms with Crippen molar-refractivity contribution in [1.29, 1.82) is 0 Å². The number of hydrogen-bond acceptors (Lipinski definition) is 6. The topological polar surface area (TPSA) is 104 Å². The van der Waals surface area contributed by atoms with Crippen molar-refractivity contribution < 1.29 is 9.13 Å². The molecule has 0 aliphatic carbocycles. The van der Waals surface area contributed by atoms with Crippen LogP contribution >= 0.6 is 0 Å². The van der Waals surface area contributed by atoms with Gasteiger partial charge < -0.3 is 15.0 Å². The number of nitrogens with one attached hydrogen (secondary N) is 3. The average molecular weight is 556 g/mol. The number of nitrogens with zero attached hydrogens (tertiary/aromatic N) is 4. The number of hydrogen-bond donors (Lipinski definition) is 3. The molecule has 0 fully saturated rings. The quantitative estimate of drug-likeness (QED) is 0.194. The largest absolute Gasteiger partial charge is 0.497 e. The first-order valence-corrected chi connectivity index (χ1v) is 13.5. The van der Waals surface area contributed by atoms with Crippen LogP contribution in [0.1, 0.15) is 11.1 Å². The van der Waals surface area contributed by atoms with Gasteiger partial charge in [0.2, 0.25) is 0 Å². The van der Waals surface area contributed by atoms with Crippen LogP contribution in [0.25, 0.3) is 55.6 Å². The first-order valence-electron chi connectivity index (χ1n) is 13.5. The van der Waals surface area contributed by atoms with E-state index in [4.69, 9.17) is 4.74 Å². The van der Waals surface area contributed by atoms with E-state index < -0.39 is 0 Å². The Morgan fingerprint density at radius 2 is 1.64 bits per heavy atom. The molecule has 7 rings (SSSR count). The summed E-state index contributed by atoms with van der Waals surface area (Å²) in [4.78, 5) is 17.0. The van der Waals surface area contributed by atoms with Crippen LogP contribution in [0.4, 0.5) is 4.39 Å². The van der Waals surface area contributed by atoms with Crippen molar-refractivity contribution in [3.05, 3.63) is 115 Å². The summed E-state index contributed by atoms with van der Waals surface area (Å²) >= 11 is 0.